The summed E-state index contributed by atoms with van der Waals surface area (Å²) in [5.74, 6) is 0.865. The van der Waals surface area contributed by atoms with Crippen molar-refractivity contribution in [2.75, 3.05) is 0 Å². The van der Waals surface area contributed by atoms with E-state index in [2.05, 4.69) is 138 Å². The van der Waals surface area contributed by atoms with E-state index in [1.807, 2.05) is 0 Å². The second kappa shape index (κ2) is 8.85. The van der Waals surface area contributed by atoms with Crippen molar-refractivity contribution in [3.63, 3.8) is 0 Å². The van der Waals surface area contributed by atoms with Gasteiger partial charge in [-0.25, -0.2) is 0 Å². The molecule has 0 aromatic heterocycles. The minimum atomic E-state index is -2.03. The molecular formula is C36H36Si. The molecule has 2 atom stereocenters. The Morgan fingerprint density at radius 3 is 1.24 bits per heavy atom. The van der Waals surface area contributed by atoms with Gasteiger partial charge in [0.05, 0.1) is 0 Å². The molecule has 0 amide bonds. The van der Waals surface area contributed by atoms with Gasteiger partial charge in [-0.3, -0.25) is 0 Å². The number of hydrogen-bond acceptors (Lipinski definition) is 0. The monoisotopic (exact) mass is 496 g/mol. The van der Waals surface area contributed by atoms with Crippen LogP contribution in [-0.2, 0) is 0 Å². The van der Waals surface area contributed by atoms with Crippen molar-refractivity contribution in [1.29, 1.82) is 0 Å². The zero-order valence-electron chi connectivity index (χ0n) is 22.9. The highest BCUT2D eigenvalue weighted by atomic mass is 28.3. The topological polar surface area (TPSA) is 0 Å². The van der Waals surface area contributed by atoms with E-state index in [-0.39, 0.29) is 0 Å². The molecule has 4 aromatic carbocycles. The van der Waals surface area contributed by atoms with Crippen molar-refractivity contribution < 1.29 is 0 Å². The van der Waals surface area contributed by atoms with Crippen molar-refractivity contribution in [2.24, 2.45) is 0 Å². The minimum absolute atomic E-state index is 0.433. The van der Waals surface area contributed by atoms with Crippen molar-refractivity contribution in [3.05, 3.63) is 142 Å². The molecule has 4 aromatic rings. The van der Waals surface area contributed by atoms with Crippen molar-refractivity contribution >= 4 is 29.6 Å². The van der Waals surface area contributed by atoms with Crippen molar-refractivity contribution in [1.82, 2.24) is 0 Å². The van der Waals surface area contributed by atoms with Gasteiger partial charge in [0.25, 0.3) is 0 Å². The van der Waals surface area contributed by atoms with E-state index in [1.165, 1.54) is 44.5 Å². The highest BCUT2D eigenvalue weighted by molar-refractivity contribution is 7.01. The fourth-order valence-electron chi connectivity index (χ4n) is 7.00. The standard InChI is InChI=1S/C36H36Si/c1-23-25(3)35-29(33(23)27-15-9-7-10-16-27)19-13-21-31(35)37(5,6)32-22-14-20-30-34(24(2)26(4)36(30)32)28-17-11-8-12-18-28/h7-22,25-26H,1-6H3. The molecular weight excluding hydrogens is 460 g/mol. The second-order valence-electron chi connectivity index (χ2n) is 11.5. The Morgan fingerprint density at radius 1 is 0.486 bits per heavy atom. The first-order valence-corrected chi connectivity index (χ1v) is 16.6. The Bertz CT molecular complexity index is 1450. The van der Waals surface area contributed by atoms with Crippen molar-refractivity contribution in [2.45, 2.75) is 52.6 Å². The molecule has 0 N–H and O–H groups in total. The van der Waals surface area contributed by atoms with Crippen molar-refractivity contribution in [3.8, 4) is 0 Å². The number of benzene rings is 4. The number of rotatable bonds is 4. The molecule has 2 unspecified atom stereocenters. The maximum absolute atomic E-state index is 2.57. The van der Waals surface area contributed by atoms with Gasteiger partial charge in [-0.15, -0.1) is 0 Å². The fourth-order valence-corrected chi connectivity index (χ4v) is 10.4. The maximum atomic E-state index is 2.57. The fraction of sp³-hybridized carbons (Fsp3) is 0.222. The van der Waals surface area contributed by atoms with E-state index in [0.717, 1.165) is 0 Å². The minimum Gasteiger partial charge on any atom is -0.0623 e. The van der Waals surface area contributed by atoms with Crippen LogP contribution in [0.3, 0.4) is 0 Å². The van der Waals surface area contributed by atoms with Crippen LogP contribution in [0.4, 0.5) is 0 Å². The van der Waals surface area contributed by atoms with Crippen LogP contribution >= 0.6 is 0 Å². The summed E-state index contributed by atoms with van der Waals surface area (Å²) in [4.78, 5) is 0. The van der Waals surface area contributed by atoms with Crippen LogP contribution in [0.1, 0.15) is 72.9 Å². The van der Waals surface area contributed by atoms with E-state index in [4.69, 9.17) is 0 Å². The molecule has 2 aliphatic rings. The molecule has 184 valence electrons. The molecule has 0 spiro atoms. The lowest BCUT2D eigenvalue weighted by Crippen LogP contribution is -2.56. The average molecular weight is 497 g/mol. The van der Waals surface area contributed by atoms with Crippen LogP contribution in [-0.4, -0.2) is 8.07 Å². The Labute approximate surface area is 223 Å². The third-order valence-electron chi connectivity index (χ3n) is 9.18. The highest BCUT2D eigenvalue weighted by Gasteiger charge is 2.39. The Morgan fingerprint density at radius 2 is 0.865 bits per heavy atom. The van der Waals surface area contributed by atoms with Gasteiger partial charge in [0.2, 0.25) is 0 Å². The first-order valence-electron chi connectivity index (χ1n) is 13.6. The summed E-state index contributed by atoms with van der Waals surface area (Å²) < 4.78 is 0. The molecule has 0 saturated carbocycles. The number of fused-ring (bicyclic) bond motifs is 2. The van der Waals surface area contributed by atoms with E-state index in [1.54, 1.807) is 21.5 Å². The summed E-state index contributed by atoms with van der Waals surface area (Å²) in [7, 11) is -2.03. The number of hydrogen-bond donors (Lipinski definition) is 0. The molecule has 0 aliphatic heterocycles. The quantitative estimate of drug-likeness (QED) is 0.249. The summed E-state index contributed by atoms with van der Waals surface area (Å²) in [5, 5.41) is 3.18. The van der Waals surface area contributed by atoms with Gasteiger partial charge in [-0.05, 0) is 58.4 Å². The van der Waals surface area contributed by atoms with Gasteiger partial charge in [-0.2, -0.15) is 0 Å². The van der Waals surface area contributed by atoms with Gasteiger partial charge in [-0.1, -0.05) is 146 Å². The van der Waals surface area contributed by atoms with Crippen LogP contribution < -0.4 is 10.4 Å². The van der Waals surface area contributed by atoms with Crippen LogP contribution in [0.15, 0.2) is 108 Å². The average Bonchev–Trinajstić information content (AvgIpc) is 3.33. The molecule has 0 saturated heterocycles. The first kappa shape index (κ1) is 23.9. The second-order valence-corrected chi connectivity index (χ2v) is 15.8. The normalized spacial score (nSPS) is 18.9. The summed E-state index contributed by atoms with van der Waals surface area (Å²) in [5.41, 5.74) is 14.5. The Hall–Kier alpha value is -3.42. The molecule has 2 aliphatic carbocycles. The third-order valence-corrected chi connectivity index (χ3v) is 12.7. The zero-order valence-corrected chi connectivity index (χ0v) is 23.9. The summed E-state index contributed by atoms with van der Waals surface area (Å²) >= 11 is 0. The lowest BCUT2D eigenvalue weighted by Gasteiger charge is -2.31. The predicted molar refractivity (Wildman–Crippen MR) is 163 cm³/mol. The molecule has 37 heavy (non-hydrogen) atoms. The van der Waals surface area contributed by atoms with Gasteiger partial charge >= 0.3 is 0 Å². The molecule has 0 radical (unpaired) electrons. The maximum Gasteiger partial charge on any atom is 0.113 e. The summed E-state index contributed by atoms with van der Waals surface area (Å²) in [6, 6.07) is 36.2. The van der Waals surface area contributed by atoms with Crippen LogP contribution in [0.2, 0.25) is 13.1 Å². The van der Waals surface area contributed by atoms with Crippen LogP contribution in [0, 0.1) is 0 Å². The van der Waals surface area contributed by atoms with E-state index >= 15 is 0 Å². The smallest absolute Gasteiger partial charge is 0.0623 e. The highest BCUT2D eigenvalue weighted by Crippen LogP contribution is 2.46. The van der Waals surface area contributed by atoms with Gasteiger partial charge in [0.1, 0.15) is 8.07 Å². The molecule has 0 nitrogen and oxygen atoms in total. The van der Waals surface area contributed by atoms with E-state index in [0.29, 0.717) is 11.8 Å². The van der Waals surface area contributed by atoms with Gasteiger partial charge < -0.3 is 0 Å². The largest absolute Gasteiger partial charge is 0.113 e. The zero-order chi connectivity index (χ0) is 25.9. The molecule has 0 heterocycles. The van der Waals surface area contributed by atoms with Crippen LogP contribution in [0.25, 0.3) is 11.1 Å². The lowest BCUT2D eigenvalue weighted by atomic mass is 9.98. The predicted octanol–water partition coefficient (Wildman–Crippen LogP) is 8.39. The lowest BCUT2D eigenvalue weighted by molar-refractivity contribution is 0.923. The van der Waals surface area contributed by atoms with Crippen LogP contribution in [0.5, 0.6) is 0 Å². The van der Waals surface area contributed by atoms with Gasteiger partial charge in [0.15, 0.2) is 0 Å². The summed E-state index contributed by atoms with van der Waals surface area (Å²) in [6.45, 7) is 14.7. The molecule has 6 rings (SSSR count). The van der Waals surface area contributed by atoms with Gasteiger partial charge in [0, 0.05) is 11.8 Å². The SMILES string of the molecule is CC1=C(c2ccccc2)c2cccc([Si](C)(C)c3cccc4c3C(C)C(C)=C4c3ccccc3)c2C1C. The van der Waals surface area contributed by atoms with E-state index in [9.17, 15) is 0 Å². The molecule has 0 bridgehead atoms. The molecule has 1 heteroatoms. The Kier molecular flexibility index (Phi) is 5.73. The van der Waals surface area contributed by atoms with E-state index < -0.39 is 8.07 Å². The summed E-state index contributed by atoms with van der Waals surface area (Å²) in [6.07, 6.45) is 0. The first-order chi connectivity index (χ1) is 17.8. The molecule has 0 fully saturated rings. The third kappa shape index (κ3) is 3.55. The Balaban J connectivity index is 1.52. The number of allylic oxidation sites excluding steroid dienone is 2.